The lowest BCUT2D eigenvalue weighted by molar-refractivity contribution is 0.167. The van der Waals surface area contributed by atoms with Crippen LogP contribution < -0.4 is 10.2 Å². The van der Waals surface area contributed by atoms with E-state index >= 15 is 0 Å². The minimum atomic E-state index is -0.560. The van der Waals surface area contributed by atoms with Crippen LogP contribution in [-0.2, 0) is 4.74 Å². The van der Waals surface area contributed by atoms with Gasteiger partial charge in [-0.05, 0) is 37.7 Å². The first-order chi connectivity index (χ1) is 16.6. The average molecular weight is 475 g/mol. The third-order valence-electron chi connectivity index (χ3n) is 5.83. The maximum Gasteiger partial charge on any atom is 0.413 e. The number of aromatic nitrogens is 5. The SMILES string of the molecule is C.CCOC(=O)Nc1nc2c(-c3cc(N4CCN(C)CC4)ncn3)cc(-c3cccnc3)cc2[nH]1. The Morgan fingerprint density at radius 3 is 2.71 bits per heavy atom. The quantitative estimate of drug-likeness (QED) is 0.446. The number of pyridine rings is 1. The number of hydrogen-bond acceptors (Lipinski definition) is 8. The third-order valence-corrected chi connectivity index (χ3v) is 5.83. The van der Waals surface area contributed by atoms with Gasteiger partial charge in [0.1, 0.15) is 12.1 Å². The van der Waals surface area contributed by atoms with E-state index in [9.17, 15) is 4.79 Å². The molecule has 1 amide bonds. The molecule has 1 saturated heterocycles. The molecule has 0 atom stereocenters. The second-order valence-corrected chi connectivity index (χ2v) is 8.14. The Balaban J connectivity index is 0.00000289. The predicted octanol–water partition coefficient (Wildman–Crippen LogP) is 4.04. The zero-order valence-electron chi connectivity index (χ0n) is 19.2. The highest BCUT2D eigenvalue weighted by Gasteiger charge is 2.19. The van der Waals surface area contributed by atoms with E-state index in [0.29, 0.717) is 11.5 Å². The Labute approximate surface area is 204 Å². The van der Waals surface area contributed by atoms with Gasteiger partial charge < -0.3 is 19.5 Å². The fourth-order valence-electron chi connectivity index (χ4n) is 4.04. The van der Waals surface area contributed by atoms with Crippen molar-refractivity contribution >= 4 is 28.9 Å². The zero-order chi connectivity index (χ0) is 23.5. The molecule has 35 heavy (non-hydrogen) atoms. The number of imidazole rings is 1. The zero-order valence-corrected chi connectivity index (χ0v) is 19.2. The molecular formula is C25H30N8O2. The van der Waals surface area contributed by atoms with Gasteiger partial charge in [-0.25, -0.2) is 19.7 Å². The highest BCUT2D eigenvalue weighted by molar-refractivity contribution is 5.97. The molecule has 0 aliphatic carbocycles. The van der Waals surface area contributed by atoms with Gasteiger partial charge in [0.2, 0.25) is 5.95 Å². The Morgan fingerprint density at radius 1 is 1.14 bits per heavy atom. The third kappa shape index (κ3) is 5.22. The highest BCUT2D eigenvalue weighted by atomic mass is 16.5. The molecule has 1 aliphatic rings. The Morgan fingerprint density at radius 2 is 1.97 bits per heavy atom. The molecule has 0 saturated carbocycles. The number of carbonyl (C=O) groups is 1. The van der Waals surface area contributed by atoms with Crippen molar-refractivity contribution in [2.75, 3.05) is 50.1 Å². The molecule has 2 N–H and O–H groups in total. The van der Waals surface area contributed by atoms with Gasteiger partial charge in [-0.1, -0.05) is 13.5 Å². The molecule has 1 aliphatic heterocycles. The number of fused-ring (bicyclic) bond motifs is 1. The molecule has 1 aromatic carbocycles. The summed E-state index contributed by atoms with van der Waals surface area (Å²) in [6, 6.07) is 9.93. The summed E-state index contributed by atoms with van der Waals surface area (Å²) in [5.74, 6) is 1.20. The average Bonchev–Trinajstić information content (AvgIpc) is 3.27. The van der Waals surface area contributed by atoms with Crippen LogP contribution in [0.4, 0.5) is 16.6 Å². The van der Waals surface area contributed by atoms with Crippen molar-refractivity contribution in [2.45, 2.75) is 14.4 Å². The predicted molar refractivity (Wildman–Crippen MR) is 137 cm³/mol. The molecule has 10 heteroatoms. The monoisotopic (exact) mass is 474 g/mol. The van der Waals surface area contributed by atoms with E-state index in [-0.39, 0.29) is 14.0 Å². The number of anilines is 2. The largest absolute Gasteiger partial charge is 0.450 e. The number of nitrogens with one attached hydrogen (secondary N) is 2. The minimum Gasteiger partial charge on any atom is -0.450 e. The van der Waals surface area contributed by atoms with Crippen LogP contribution in [0.25, 0.3) is 33.4 Å². The van der Waals surface area contributed by atoms with Gasteiger partial charge in [0, 0.05) is 55.8 Å². The van der Waals surface area contributed by atoms with Crippen LogP contribution in [0, 0.1) is 0 Å². The topological polar surface area (TPSA) is 112 Å². The van der Waals surface area contributed by atoms with Crippen LogP contribution in [0.1, 0.15) is 14.4 Å². The first kappa shape index (κ1) is 24.1. The number of carbonyl (C=O) groups excluding carboxylic acids is 1. The van der Waals surface area contributed by atoms with Crippen molar-refractivity contribution in [1.82, 2.24) is 29.8 Å². The summed E-state index contributed by atoms with van der Waals surface area (Å²) in [5, 5.41) is 2.65. The van der Waals surface area contributed by atoms with Crippen LogP contribution in [0.2, 0.25) is 0 Å². The Bertz CT molecular complexity index is 1300. The van der Waals surface area contributed by atoms with Gasteiger partial charge in [0.05, 0.1) is 23.3 Å². The van der Waals surface area contributed by atoms with Gasteiger partial charge >= 0.3 is 6.09 Å². The molecule has 0 unspecified atom stereocenters. The summed E-state index contributed by atoms with van der Waals surface area (Å²) in [7, 11) is 2.13. The van der Waals surface area contributed by atoms with Crippen LogP contribution in [0.15, 0.2) is 49.1 Å². The molecule has 0 spiro atoms. The van der Waals surface area contributed by atoms with Crippen molar-refractivity contribution in [1.29, 1.82) is 0 Å². The number of H-pyrrole nitrogens is 1. The minimum absolute atomic E-state index is 0. The first-order valence-corrected chi connectivity index (χ1v) is 11.2. The smallest absolute Gasteiger partial charge is 0.413 e. The summed E-state index contributed by atoms with van der Waals surface area (Å²) >= 11 is 0. The van der Waals surface area contributed by atoms with E-state index in [2.05, 4.69) is 47.1 Å². The summed E-state index contributed by atoms with van der Waals surface area (Å²) < 4.78 is 4.99. The molecule has 4 heterocycles. The van der Waals surface area contributed by atoms with Crippen molar-refractivity contribution in [3.8, 4) is 22.4 Å². The standard InChI is InChI=1S/C24H26N8O2.CH4/c1-3-34-24(33)30-23-28-20-12-17(16-5-4-6-25-14-16)11-18(22(20)29-23)19-13-21(27-15-26-19)32-9-7-31(2)8-10-32;/h4-6,11-15H,3,7-10H2,1-2H3,(H2,28,29,30,33);1H4. The van der Waals surface area contributed by atoms with E-state index < -0.39 is 6.09 Å². The van der Waals surface area contributed by atoms with E-state index in [1.165, 1.54) is 0 Å². The number of benzene rings is 1. The van der Waals surface area contributed by atoms with E-state index in [1.807, 2.05) is 36.5 Å². The summed E-state index contributed by atoms with van der Waals surface area (Å²) in [6.45, 7) is 5.83. The highest BCUT2D eigenvalue weighted by Crippen LogP contribution is 2.33. The maximum atomic E-state index is 11.9. The lowest BCUT2D eigenvalue weighted by atomic mass is 10.0. The first-order valence-electron chi connectivity index (χ1n) is 11.2. The molecule has 0 radical (unpaired) electrons. The second kappa shape index (κ2) is 10.5. The van der Waals surface area contributed by atoms with Crippen LogP contribution in [0.3, 0.4) is 0 Å². The number of amides is 1. The molecule has 5 rings (SSSR count). The van der Waals surface area contributed by atoms with Gasteiger partial charge in [-0.2, -0.15) is 0 Å². The van der Waals surface area contributed by atoms with E-state index in [0.717, 1.165) is 59.9 Å². The maximum absolute atomic E-state index is 11.9. The lowest BCUT2D eigenvalue weighted by Crippen LogP contribution is -2.44. The van der Waals surface area contributed by atoms with Gasteiger partial charge in [-0.3, -0.25) is 10.3 Å². The van der Waals surface area contributed by atoms with Gasteiger partial charge in [0.15, 0.2) is 0 Å². The van der Waals surface area contributed by atoms with Crippen molar-refractivity contribution in [2.24, 2.45) is 0 Å². The van der Waals surface area contributed by atoms with Crippen LogP contribution in [0.5, 0.6) is 0 Å². The number of ether oxygens (including phenoxy) is 1. The fraction of sp³-hybridized carbons (Fsp3) is 0.320. The number of hydrogen-bond donors (Lipinski definition) is 2. The molecular weight excluding hydrogens is 444 g/mol. The number of rotatable bonds is 5. The number of piperazine rings is 1. The number of likely N-dealkylation sites (N-methyl/N-ethyl adjacent to an activating group) is 1. The fourth-order valence-corrected chi connectivity index (χ4v) is 4.04. The Hall–Kier alpha value is -4.05. The van der Waals surface area contributed by atoms with Crippen LogP contribution in [-0.4, -0.2) is 75.7 Å². The lowest BCUT2D eigenvalue weighted by Gasteiger charge is -2.33. The van der Waals surface area contributed by atoms with Crippen molar-refractivity contribution in [3.63, 3.8) is 0 Å². The summed E-state index contributed by atoms with van der Waals surface area (Å²) in [5.41, 5.74) is 4.98. The van der Waals surface area contributed by atoms with Crippen LogP contribution >= 0.6 is 0 Å². The molecule has 182 valence electrons. The molecule has 1 fully saturated rings. The molecule has 3 aromatic heterocycles. The van der Waals surface area contributed by atoms with Gasteiger partial charge in [-0.15, -0.1) is 0 Å². The molecule has 4 aromatic rings. The van der Waals surface area contributed by atoms with Crippen molar-refractivity contribution < 1.29 is 9.53 Å². The number of nitrogens with zero attached hydrogens (tertiary/aromatic N) is 6. The summed E-state index contributed by atoms with van der Waals surface area (Å²) in [4.78, 5) is 37.7. The van der Waals surface area contributed by atoms with E-state index in [4.69, 9.17) is 4.74 Å². The van der Waals surface area contributed by atoms with Gasteiger partial charge in [0.25, 0.3) is 0 Å². The second-order valence-electron chi connectivity index (χ2n) is 8.14. The van der Waals surface area contributed by atoms with Crippen molar-refractivity contribution in [3.05, 3.63) is 49.1 Å². The molecule has 0 bridgehead atoms. The number of aromatic amines is 1. The summed E-state index contributed by atoms with van der Waals surface area (Å²) in [6.07, 6.45) is 4.59. The molecule has 10 nitrogen and oxygen atoms in total. The van der Waals surface area contributed by atoms with E-state index in [1.54, 1.807) is 19.4 Å². The Kier molecular flexibility index (Phi) is 7.21. The normalized spacial score (nSPS) is 13.9.